The molecule has 7 heteroatoms. The van der Waals surface area contributed by atoms with E-state index < -0.39 is 12.0 Å². The van der Waals surface area contributed by atoms with Gasteiger partial charge in [0.05, 0.1) is 16.7 Å². The molecule has 0 aromatic carbocycles. The third kappa shape index (κ3) is 3.91. The first-order chi connectivity index (χ1) is 7.95. The van der Waals surface area contributed by atoms with Crippen LogP contribution in [0, 0.1) is 0 Å². The highest BCUT2D eigenvalue weighted by atomic mass is 35.5. The third-order valence-electron chi connectivity index (χ3n) is 1.88. The number of aromatic nitrogens is 1. The van der Waals surface area contributed by atoms with Crippen LogP contribution in [0.4, 0.5) is 5.82 Å². The van der Waals surface area contributed by atoms with Crippen LogP contribution in [0.5, 0.6) is 0 Å². The Kier molecular flexibility index (Phi) is 5.31. The number of ether oxygens (including phenoxy) is 1. The molecule has 0 fully saturated rings. The largest absolute Gasteiger partial charge is 0.464 e. The van der Waals surface area contributed by atoms with Crippen LogP contribution in [-0.2, 0) is 9.53 Å². The fraction of sp³-hybridized carbons (Fsp3) is 0.400. The maximum atomic E-state index is 11.4. The molecule has 94 valence electrons. The summed E-state index contributed by atoms with van der Waals surface area (Å²) in [6.07, 6.45) is 0. The van der Waals surface area contributed by atoms with Gasteiger partial charge >= 0.3 is 5.97 Å². The zero-order chi connectivity index (χ0) is 13.0. The normalized spacial score (nSPS) is 12.1. The maximum Gasteiger partial charge on any atom is 0.328 e. The van der Waals surface area contributed by atoms with Gasteiger partial charge in [-0.1, -0.05) is 34.8 Å². The summed E-state index contributed by atoms with van der Waals surface area (Å²) in [5.41, 5.74) is 0. The zero-order valence-electron chi connectivity index (χ0n) is 9.26. The summed E-state index contributed by atoms with van der Waals surface area (Å²) in [5, 5.41) is 3.47. The van der Waals surface area contributed by atoms with E-state index in [1.54, 1.807) is 13.8 Å². The zero-order valence-corrected chi connectivity index (χ0v) is 11.5. The van der Waals surface area contributed by atoms with Crippen molar-refractivity contribution >= 4 is 46.6 Å². The van der Waals surface area contributed by atoms with E-state index in [0.717, 1.165) is 0 Å². The van der Waals surface area contributed by atoms with E-state index in [2.05, 4.69) is 10.3 Å². The summed E-state index contributed by atoms with van der Waals surface area (Å²) in [6.45, 7) is 3.68. The van der Waals surface area contributed by atoms with Gasteiger partial charge in [0.25, 0.3) is 0 Å². The first kappa shape index (κ1) is 14.4. The van der Waals surface area contributed by atoms with Crippen LogP contribution in [0.1, 0.15) is 13.8 Å². The molecule has 0 aliphatic heterocycles. The van der Waals surface area contributed by atoms with E-state index in [9.17, 15) is 4.79 Å². The molecule has 1 atom stereocenters. The van der Waals surface area contributed by atoms with Crippen LogP contribution in [0.15, 0.2) is 6.07 Å². The van der Waals surface area contributed by atoms with E-state index >= 15 is 0 Å². The van der Waals surface area contributed by atoms with Crippen LogP contribution >= 0.6 is 34.8 Å². The molecule has 0 amide bonds. The molecule has 1 heterocycles. The van der Waals surface area contributed by atoms with Gasteiger partial charge in [-0.05, 0) is 19.9 Å². The molecule has 0 saturated heterocycles. The van der Waals surface area contributed by atoms with Crippen molar-refractivity contribution in [2.24, 2.45) is 0 Å². The van der Waals surface area contributed by atoms with Crippen molar-refractivity contribution in [2.45, 2.75) is 19.9 Å². The van der Waals surface area contributed by atoms with Crippen molar-refractivity contribution in [2.75, 3.05) is 11.9 Å². The fourth-order valence-electron chi connectivity index (χ4n) is 1.08. The number of hydrogen-bond donors (Lipinski definition) is 1. The molecular weight excluding hydrogens is 286 g/mol. The van der Waals surface area contributed by atoms with Gasteiger partial charge in [-0.15, -0.1) is 0 Å². The minimum atomic E-state index is -0.572. The third-order valence-corrected chi connectivity index (χ3v) is 2.84. The number of carbonyl (C=O) groups is 1. The van der Waals surface area contributed by atoms with Crippen molar-refractivity contribution in [1.29, 1.82) is 0 Å². The molecule has 0 aliphatic carbocycles. The second-order valence-corrected chi connectivity index (χ2v) is 4.38. The van der Waals surface area contributed by atoms with Crippen LogP contribution in [0.3, 0.4) is 0 Å². The van der Waals surface area contributed by atoms with E-state index in [1.165, 1.54) is 6.07 Å². The van der Waals surface area contributed by atoms with Gasteiger partial charge in [-0.25, -0.2) is 9.78 Å². The molecule has 1 rings (SSSR count). The Balaban J connectivity index is 2.81. The number of anilines is 1. The second-order valence-electron chi connectivity index (χ2n) is 3.21. The van der Waals surface area contributed by atoms with E-state index in [-0.39, 0.29) is 15.2 Å². The van der Waals surface area contributed by atoms with E-state index in [4.69, 9.17) is 39.5 Å². The summed E-state index contributed by atoms with van der Waals surface area (Å²) in [6, 6.07) is 0.885. The number of pyridine rings is 1. The van der Waals surface area contributed by atoms with Gasteiger partial charge in [0.1, 0.15) is 17.0 Å². The van der Waals surface area contributed by atoms with Gasteiger partial charge in [-0.3, -0.25) is 0 Å². The first-order valence-corrected chi connectivity index (χ1v) is 6.03. The Hall–Kier alpha value is -0.710. The SMILES string of the molecule is CCOC(=O)C(C)Nc1nc(Cl)c(Cl)cc1Cl. The Bertz CT molecular complexity index is 426. The average molecular weight is 298 g/mol. The smallest absolute Gasteiger partial charge is 0.328 e. The number of esters is 1. The molecule has 0 saturated carbocycles. The lowest BCUT2D eigenvalue weighted by atomic mass is 10.3. The van der Waals surface area contributed by atoms with Gasteiger partial charge in [0.2, 0.25) is 0 Å². The minimum Gasteiger partial charge on any atom is -0.464 e. The van der Waals surface area contributed by atoms with Crippen molar-refractivity contribution < 1.29 is 9.53 Å². The lowest BCUT2D eigenvalue weighted by Crippen LogP contribution is -2.28. The highest BCUT2D eigenvalue weighted by molar-refractivity contribution is 6.42. The van der Waals surface area contributed by atoms with E-state index in [1.807, 2.05) is 0 Å². The molecule has 1 aromatic heterocycles. The number of nitrogens with zero attached hydrogens (tertiary/aromatic N) is 1. The van der Waals surface area contributed by atoms with E-state index in [0.29, 0.717) is 12.4 Å². The molecule has 17 heavy (non-hydrogen) atoms. The Labute approximate surface area is 114 Å². The Morgan fingerprint density at radius 2 is 2.12 bits per heavy atom. The van der Waals surface area contributed by atoms with Gasteiger partial charge < -0.3 is 10.1 Å². The Morgan fingerprint density at radius 3 is 2.71 bits per heavy atom. The molecule has 0 bridgehead atoms. The molecule has 0 spiro atoms. The maximum absolute atomic E-state index is 11.4. The minimum absolute atomic E-state index is 0.120. The topological polar surface area (TPSA) is 51.2 Å². The first-order valence-electron chi connectivity index (χ1n) is 4.90. The molecule has 4 nitrogen and oxygen atoms in total. The van der Waals surface area contributed by atoms with Crippen LogP contribution in [0.2, 0.25) is 15.2 Å². The molecular formula is C10H11Cl3N2O2. The standard InChI is InChI=1S/C10H11Cl3N2O2/c1-3-17-10(16)5(2)14-9-7(12)4-6(11)8(13)15-9/h4-5H,3H2,1-2H3,(H,14,15). The molecule has 1 unspecified atom stereocenters. The van der Waals surface area contributed by atoms with Crippen molar-refractivity contribution in [3.8, 4) is 0 Å². The lowest BCUT2D eigenvalue weighted by molar-refractivity contribution is -0.143. The number of halogens is 3. The van der Waals surface area contributed by atoms with Crippen LogP contribution < -0.4 is 5.32 Å². The van der Waals surface area contributed by atoms with Crippen molar-refractivity contribution in [1.82, 2.24) is 4.98 Å². The Morgan fingerprint density at radius 1 is 1.47 bits per heavy atom. The summed E-state index contributed by atoms with van der Waals surface area (Å²) >= 11 is 17.4. The monoisotopic (exact) mass is 296 g/mol. The molecule has 0 radical (unpaired) electrons. The number of nitrogens with one attached hydrogen (secondary N) is 1. The number of rotatable bonds is 4. The lowest BCUT2D eigenvalue weighted by Gasteiger charge is -2.14. The average Bonchev–Trinajstić information content (AvgIpc) is 2.26. The summed E-state index contributed by atoms with van der Waals surface area (Å²) in [5.74, 6) is -0.0990. The molecule has 0 aliphatic rings. The van der Waals surface area contributed by atoms with Gasteiger partial charge in [-0.2, -0.15) is 0 Å². The predicted octanol–water partition coefficient (Wildman–Crippen LogP) is 3.41. The number of hydrogen-bond acceptors (Lipinski definition) is 4. The van der Waals surface area contributed by atoms with Crippen molar-refractivity contribution in [3.05, 3.63) is 21.3 Å². The molecule has 1 aromatic rings. The number of carbonyl (C=O) groups excluding carboxylic acids is 1. The highest BCUT2D eigenvalue weighted by Gasteiger charge is 2.16. The molecule has 1 N–H and O–H groups in total. The second kappa shape index (κ2) is 6.28. The predicted molar refractivity (Wildman–Crippen MR) is 69.0 cm³/mol. The van der Waals surface area contributed by atoms with Gasteiger partial charge in [0.15, 0.2) is 0 Å². The van der Waals surface area contributed by atoms with Crippen LogP contribution in [0.25, 0.3) is 0 Å². The fourth-order valence-corrected chi connectivity index (χ4v) is 1.63. The quantitative estimate of drug-likeness (QED) is 0.683. The summed E-state index contributed by atoms with van der Waals surface area (Å²) in [4.78, 5) is 15.3. The van der Waals surface area contributed by atoms with Crippen molar-refractivity contribution in [3.63, 3.8) is 0 Å². The highest BCUT2D eigenvalue weighted by Crippen LogP contribution is 2.29. The summed E-state index contributed by atoms with van der Waals surface area (Å²) in [7, 11) is 0. The van der Waals surface area contributed by atoms with Gasteiger partial charge in [0, 0.05) is 0 Å². The van der Waals surface area contributed by atoms with Crippen LogP contribution in [-0.4, -0.2) is 23.6 Å². The summed E-state index contributed by atoms with van der Waals surface area (Å²) < 4.78 is 4.84.